The number of thiophene rings is 1. The standard InChI is InChI=1S/C31H41NO5S/c1-7-21(22-13-15-26(20(4)16-22)37-19-31(36,8-2)9-3)12-14-25-17-23-10-11-24(18-27(23)38-25)28(33)32-30(5,6)29(34)35/h10-11,13,15-18,21,36H,7-9,12,14,19H2,1-6H3,(H,32,33)(H,34,35). The Hall–Kier alpha value is -2.90. The Morgan fingerprint density at radius 2 is 1.76 bits per heavy atom. The van der Waals surface area contributed by atoms with Gasteiger partial charge in [-0.05, 0) is 99.6 Å². The lowest BCUT2D eigenvalue weighted by atomic mass is 9.90. The fourth-order valence-electron chi connectivity index (χ4n) is 4.44. The van der Waals surface area contributed by atoms with E-state index in [0.717, 1.165) is 40.7 Å². The van der Waals surface area contributed by atoms with Gasteiger partial charge >= 0.3 is 5.97 Å². The molecular weight excluding hydrogens is 498 g/mol. The first kappa shape index (κ1) is 29.7. The highest BCUT2D eigenvalue weighted by atomic mass is 32.1. The highest BCUT2D eigenvalue weighted by Gasteiger charge is 2.29. The highest BCUT2D eigenvalue weighted by Crippen LogP contribution is 2.33. The van der Waals surface area contributed by atoms with Gasteiger partial charge in [-0.3, -0.25) is 4.79 Å². The molecule has 7 heteroatoms. The number of rotatable bonds is 13. The monoisotopic (exact) mass is 539 g/mol. The van der Waals surface area contributed by atoms with Gasteiger partial charge in [-0.2, -0.15) is 0 Å². The van der Waals surface area contributed by atoms with Crippen molar-refractivity contribution >= 4 is 33.3 Å². The van der Waals surface area contributed by atoms with Crippen LogP contribution in [0.1, 0.15) is 92.6 Å². The summed E-state index contributed by atoms with van der Waals surface area (Å²) in [6.07, 6.45) is 4.29. The molecule has 0 spiro atoms. The van der Waals surface area contributed by atoms with Crippen LogP contribution in [-0.2, 0) is 11.2 Å². The average Bonchev–Trinajstić information content (AvgIpc) is 3.30. The fraction of sp³-hybridized carbons (Fsp3) is 0.484. The average molecular weight is 540 g/mol. The summed E-state index contributed by atoms with van der Waals surface area (Å²) in [4.78, 5) is 25.2. The van der Waals surface area contributed by atoms with Crippen LogP contribution in [0.15, 0.2) is 42.5 Å². The van der Waals surface area contributed by atoms with Crippen molar-refractivity contribution in [2.75, 3.05) is 6.61 Å². The van der Waals surface area contributed by atoms with E-state index in [1.807, 2.05) is 32.0 Å². The number of carboxylic acid groups (broad SMARTS) is 1. The number of aryl methyl sites for hydroxylation is 2. The molecule has 2 aromatic carbocycles. The van der Waals surface area contributed by atoms with Gasteiger partial charge in [-0.25, -0.2) is 4.79 Å². The van der Waals surface area contributed by atoms with Gasteiger partial charge in [0.25, 0.3) is 5.91 Å². The third kappa shape index (κ3) is 7.14. The molecule has 0 radical (unpaired) electrons. The Bertz CT molecular complexity index is 1270. The summed E-state index contributed by atoms with van der Waals surface area (Å²) in [5.41, 5.74) is 0.703. The first-order valence-corrected chi connectivity index (χ1v) is 14.3. The van der Waals surface area contributed by atoms with Crippen LogP contribution in [-0.4, -0.2) is 39.8 Å². The van der Waals surface area contributed by atoms with Gasteiger partial charge in [0.15, 0.2) is 0 Å². The maximum Gasteiger partial charge on any atom is 0.328 e. The first-order chi connectivity index (χ1) is 17.9. The molecule has 206 valence electrons. The number of hydrogen-bond acceptors (Lipinski definition) is 5. The van der Waals surface area contributed by atoms with Crippen molar-refractivity contribution < 1.29 is 24.5 Å². The van der Waals surface area contributed by atoms with E-state index < -0.39 is 23.0 Å². The minimum Gasteiger partial charge on any atom is -0.490 e. The van der Waals surface area contributed by atoms with Gasteiger partial charge in [0.1, 0.15) is 17.9 Å². The Balaban J connectivity index is 1.67. The number of carbonyl (C=O) groups excluding carboxylic acids is 1. The Morgan fingerprint density at radius 1 is 1.05 bits per heavy atom. The van der Waals surface area contributed by atoms with E-state index in [9.17, 15) is 19.8 Å². The van der Waals surface area contributed by atoms with Gasteiger partial charge in [-0.15, -0.1) is 11.3 Å². The third-order valence-electron chi connectivity index (χ3n) is 7.51. The molecule has 1 amide bonds. The van der Waals surface area contributed by atoms with E-state index in [0.29, 0.717) is 30.9 Å². The number of amides is 1. The number of ether oxygens (including phenoxy) is 1. The van der Waals surface area contributed by atoms with Crippen molar-refractivity contribution in [3.63, 3.8) is 0 Å². The van der Waals surface area contributed by atoms with Crippen molar-refractivity contribution in [1.29, 1.82) is 0 Å². The Labute approximate surface area is 230 Å². The molecular formula is C31H41NO5S. The highest BCUT2D eigenvalue weighted by molar-refractivity contribution is 7.19. The van der Waals surface area contributed by atoms with Crippen LogP contribution in [0.5, 0.6) is 5.75 Å². The normalized spacial score (nSPS) is 12.9. The molecule has 0 bridgehead atoms. The van der Waals surface area contributed by atoms with E-state index in [2.05, 4.69) is 37.4 Å². The summed E-state index contributed by atoms with van der Waals surface area (Å²) in [5, 5.41) is 23.5. The summed E-state index contributed by atoms with van der Waals surface area (Å²) in [5.74, 6) is -0.235. The summed E-state index contributed by atoms with van der Waals surface area (Å²) >= 11 is 1.68. The number of carboxylic acids is 1. The molecule has 1 unspecified atom stereocenters. The summed E-state index contributed by atoms with van der Waals surface area (Å²) in [7, 11) is 0. The number of fused-ring (bicyclic) bond motifs is 1. The first-order valence-electron chi connectivity index (χ1n) is 13.5. The zero-order valence-electron chi connectivity index (χ0n) is 23.4. The quantitative estimate of drug-likeness (QED) is 0.221. The predicted molar refractivity (Wildman–Crippen MR) is 155 cm³/mol. The largest absolute Gasteiger partial charge is 0.490 e. The van der Waals surface area contributed by atoms with E-state index in [1.54, 1.807) is 17.4 Å². The zero-order valence-corrected chi connectivity index (χ0v) is 24.2. The lowest BCUT2D eigenvalue weighted by molar-refractivity contribution is -0.143. The van der Waals surface area contributed by atoms with Crippen molar-refractivity contribution in [2.24, 2.45) is 0 Å². The Morgan fingerprint density at radius 3 is 2.37 bits per heavy atom. The van der Waals surface area contributed by atoms with E-state index in [4.69, 9.17) is 4.74 Å². The third-order valence-corrected chi connectivity index (χ3v) is 8.67. The number of aliphatic hydroxyl groups is 1. The lowest BCUT2D eigenvalue weighted by Gasteiger charge is -2.26. The molecule has 1 atom stereocenters. The van der Waals surface area contributed by atoms with Gasteiger partial charge in [0, 0.05) is 15.1 Å². The van der Waals surface area contributed by atoms with E-state index >= 15 is 0 Å². The van der Waals surface area contributed by atoms with Crippen LogP contribution in [0.3, 0.4) is 0 Å². The molecule has 3 N–H and O–H groups in total. The SMILES string of the molecule is CCC(CCc1cc2ccc(C(=O)NC(C)(C)C(=O)O)cc2s1)c1ccc(OCC(O)(CC)CC)c(C)c1. The molecule has 1 aromatic heterocycles. The van der Waals surface area contributed by atoms with Gasteiger partial charge in [0.2, 0.25) is 0 Å². The van der Waals surface area contributed by atoms with Crippen LogP contribution < -0.4 is 10.1 Å². The molecule has 3 rings (SSSR count). The fourth-order valence-corrected chi connectivity index (χ4v) is 5.56. The van der Waals surface area contributed by atoms with Crippen LogP contribution in [0, 0.1) is 6.92 Å². The van der Waals surface area contributed by atoms with E-state index in [1.165, 1.54) is 24.3 Å². The molecule has 0 aliphatic carbocycles. The van der Waals surface area contributed by atoms with Crippen molar-refractivity contribution in [3.8, 4) is 5.75 Å². The topological polar surface area (TPSA) is 95.9 Å². The van der Waals surface area contributed by atoms with Crippen molar-refractivity contribution in [2.45, 2.75) is 90.7 Å². The number of carbonyl (C=O) groups is 2. The van der Waals surface area contributed by atoms with Gasteiger partial charge in [-0.1, -0.05) is 39.0 Å². The Kier molecular flexibility index (Phi) is 9.60. The second kappa shape index (κ2) is 12.3. The number of aliphatic carboxylic acids is 1. The second-order valence-electron chi connectivity index (χ2n) is 10.7. The molecule has 38 heavy (non-hydrogen) atoms. The molecule has 3 aromatic rings. The number of nitrogens with one attached hydrogen (secondary N) is 1. The maximum absolute atomic E-state index is 12.6. The number of benzene rings is 2. The van der Waals surface area contributed by atoms with Crippen LogP contribution in [0.2, 0.25) is 0 Å². The summed E-state index contributed by atoms with van der Waals surface area (Å²) in [6, 6.07) is 14.1. The number of hydrogen-bond donors (Lipinski definition) is 3. The molecule has 0 saturated heterocycles. The van der Waals surface area contributed by atoms with Crippen molar-refractivity contribution in [3.05, 3.63) is 64.0 Å². The maximum atomic E-state index is 12.6. The van der Waals surface area contributed by atoms with Crippen LogP contribution >= 0.6 is 11.3 Å². The van der Waals surface area contributed by atoms with Gasteiger partial charge < -0.3 is 20.3 Å². The van der Waals surface area contributed by atoms with Gasteiger partial charge in [0.05, 0.1) is 5.60 Å². The molecule has 0 aliphatic heterocycles. The van der Waals surface area contributed by atoms with Crippen LogP contribution in [0.25, 0.3) is 10.1 Å². The summed E-state index contributed by atoms with van der Waals surface area (Å²) < 4.78 is 6.99. The summed E-state index contributed by atoms with van der Waals surface area (Å²) in [6.45, 7) is 11.5. The molecule has 0 saturated carbocycles. The molecule has 0 aliphatic rings. The molecule has 0 fully saturated rings. The second-order valence-corrected chi connectivity index (χ2v) is 11.9. The minimum atomic E-state index is -1.33. The van der Waals surface area contributed by atoms with Crippen molar-refractivity contribution in [1.82, 2.24) is 5.32 Å². The lowest BCUT2D eigenvalue weighted by Crippen LogP contribution is -2.49. The molecule has 1 heterocycles. The molecule has 6 nitrogen and oxygen atoms in total. The predicted octanol–water partition coefficient (Wildman–Crippen LogP) is 6.86. The zero-order chi connectivity index (χ0) is 28.1. The minimum absolute atomic E-state index is 0.296. The van der Waals surface area contributed by atoms with E-state index in [-0.39, 0.29) is 0 Å². The smallest absolute Gasteiger partial charge is 0.328 e. The van der Waals surface area contributed by atoms with Crippen LogP contribution in [0.4, 0.5) is 0 Å².